The van der Waals surface area contributed by atoms with Crippen LogP contribution in [0.3, 0.4) is 0 Å². The lowest BCUT2D eigenvalue weighted by Gasteiger charge is -2.25. The lowest BCUT2D eigenvalue weighted by atomic mass is 9.89. The monoisotopic (exact) mass is 328 g/mol. The molecule has 1 amide bonds. The molecule has 0 bridgehead atoms. The van der Waals surface area contributed by atoms with Gasteiger partial charge >= 0.3 is 6.08 Å². The molecule has 0 spiro atoms. The molecule has 3 rings (SSSR count). The largest absolute Gasteiger partial charge is 0.440 e. The molecule has 24 heavy (non-hydrogen) atoms. The summed E-state index contributed by atoms with van der Waals surface area (Å²) in [5, 5.41) is 0. The predicted molar refractivity (Wildman–Crippen MR) is 92.6 cm³/mol. The predicted octanol–water partition coefficient (Wildman–Crippen LogP) is 4.15. The van der Waals surface area contributed by atoms with Gasteiger partial charge in [-0.3, -0.25) is 4.79 Å². The smallest absolute Gasteiger partial charge is 0.395 e. The highest BCUT2D eigenvalue weighted by molar-refractivity contribution is 5.80. The van der Waals surface area contributed by atoms with Crippen molar-refractivity contribution in [3.8, 4) is 6.08 Å². The van der Waals surface area contributed by atoms with Crippen molar-refractivity contribution in [1.82, 2.24) is 9.88 Å². The van der Waals surface area contributed by atoms with E-state index in [1.807, 2.05) is 36.1 Å². The van der Waals surface area contributed by atoms with Crippen LogP contribution in [0.5, 0.6) is 6.08 Å². The molecule has 128 valence electrons. The standard InChI is InChI=1S/C19H24N2O3/c1-5-21(15-11-19(3,4)10-13(15)2)17(22)12-23-18-20-14-8-6-7-9-16(14)24-18/h6-9H,5,10-12H2,1-4H3. The number of aromatic nitrogens is 1. The van der Waals surface area contributed by atoms with Gasteiger partial charge in [-0.25, -0.2) is 0 Å². The van der Waals surface area contributed by atoms with Crippen LogP contribution in [0.2, 0.25) is 0 Å². The van der Waals surface area contributed by atoms with Gasteiger partial charge < -0.3 is 14.1 Å². The van der Waals surface area contributed by atoms with Gasteiger partial charge in [0.1, 0.15) is 5.52 Å². The van der Waals surface area contributed by atoms with Gasteiger partial charge in [0.2, 0.25) is 0 Å². The lowest BCUT2D eigenvalue weighted by molar-refractivity contribution is -0.131. The minimum absolute atomic E-state index is 0.0631. The number of hydrogen-bond acceptors (Lipinski definition) is 4. The summed E-state index contributed by atoms with van der Waals surface area (Å²) in [5.74, 6) is -0.0631. The van der Waals surface area contributed by atoms with E-state index in [2.05, 4.69) is 25.8 Å². The van der Waals surface area contributed by atoms with E-state index in [1.54, 1.807) is 0 Å². The van der Waals surface area contributed by atoms with Crippen molar-refractivity contribution in [1.29, 1.82) is 0 Å². The van der Waals surface area contributed by atoms with E-state index >= 15 is 0 Å². The van der Waals surface area contributed by atoms with Gasteiger partial charge in [-0.1, -0.05) is 31.6 Å². The van der Waals surface area contributed by atoms with Gasteiger partial charge in [0.15, 0.2) is 12.2 Å². The van der Waals surface area contributed by atoms with Gasteiger partial charge in [-0.15, -0.1) is 0 Å². The third-order valence-corrected chi connectivity index (χ3v) is 4.42. The van der Waals surface area contributed by atoms with Crippen molar-refractivity contribution in [2.45, 2.75) is 40.5 Å². The van der Waals surface area contributed by atoms with Crippen molar-refractivity contribution in [2.24, 2.45) is 5.41 Å². The third kappa shape index (κ3) is 3.30. The minimum Gasteiger partial charge on any atom is -0.440 e. The van der Waals surface area contributed by atoms with E-state index in [1.165, 1.54) is 5.57 Å². The van der Waals surface area contributed by atoms with Crippen LogP contribution in [0, 0.1) is 5.41 Å². The van der Waals surface area contributed by atoms with Crippen molar-refractivity contribution in [3.05, 3.63) is 35.5 Å². The Hall–Kier alpha value is -2.30. The Labute approximate surface area is 142 Å². The average Bonchev–Trinajstić information content (AvgIpc) is 3.06. The van der Waals surface area contributed by atoms with Crippen LogP contribution in [0.4, 0.5) is 0 Å². The molecule has 0 N–H and O–H groups in total. The molecule has 0 fully saturated rings. The molecule has 1 aliphatic rings. The van der Waals surface area contributed by atoms with Crippen LogP contribution in [0.15, 0.2) is 40.0 Å². The SMILES string of the molecule is CCN(C(=O)COc1nc2ccccc2o1)C1=C(C)CC(C)(C)C1. The number of benzene rings is 1. The first-order chi connectivity index (χ1) is 11.4. The molecule has 1 aliphatic carbocycles. The molecular weight excluding hydrogens is 304 g/mol. The van der Waals surface area contributed by atoms with Gasteiger partial charge in [-0.2, -0.15) is 4.98 Å². The van der Waals surface area contributed by atoms with Crippen molar-refractivity contribution < 1.29 is 13.9 Å². The number of amides is 1. The number of ether oxygens (including phenoxy) is 1. The molecule has 5 heteroatoms. The zero-order valence-corrected chi connectivity index (χ0v) is 14.8. The Bertz CT molecular complexity index is 756. The van der Waals surface area contributed by atoms with Crippen molar-refractivity contribution in [2.75, 3.05) is 13.2 Å². The van der Waals surface area contributed by atoms with E-state index in [0.29, 0.717) is 12.1 Å². The average molecular weight is 328 g/mol. The molecule has 5 nitrogen and oxygen atoms in total. The molecule has 1 heterocycles. The highest BCUT2D eigenvalue weighted by Crippen LogP contribution is 2.42. The van der Waals surface area contributed by atoms with Crippen LogP contribution < -0.4 is 4.74 Å². The van der Waals surface area contributed by atoms with Crippen LogP contribution in [0.1, 0.15) is 40.5 Å². The van der Waals surface area contributed by atoms with Crippen LogP contribution in [0.25, 0.3) is 11.1 Å². The highest BCUT2D eigenvalue weighted by atomic mass is 16.6. The van der Waals surface area contributed by atoms with Crippen LogP contribution in [-0.2, 0) is 4.79 Å². The fourth-order valence-corrected chi connectivity index (χ4v) is 3.44. The first-order valence-electron chi connectivity index (χ1n) is 8.37. The fraction of sp³-hybridized carbons (Fsp3) is 0.474. The number of fused-ring (bicyclic) bond motifs is 1. The maximum Gasteiger partial charge on any atom is 0.395 e. The Morgan fingerprint density at radius 3 is 2.71 bits per heavy atom. The van der Waals surface area contributed by atoms with E-state index in [-0.39, 0.29) is 24.0 Å². The Kier molecular flexibility index (Phi) is 4.35. The number of nitrogens with zero attached hydrogens (tertiary/aromatic N) is 2. The second-order valence-electron chi connectivity index (χ2n) is 7.12. The number of carbonyl (C=O) groups is 1. The van der Waals surface area contributed by atoms with Crippen molar-refractivity contribution in [3.63, 3.8) is 0 Å². The third-order valence-electron chi connectivity index (χ3n) is 4.42. The van der Waals surface area contributed by atoms with Crippen LogP contribution >= 0.6 is 0 Å². The number of hydrogen-bond donors (Lipinski definition) is 0. The highest BCUT2D eigenvalue weighted by Gasteiger charge is 2.33. The summed E-state index contributed by atoms with van der Waals surface area (Å²) < 4.78 is 11.0. The Balaban J connectivity index is 1.68. The second kappa shape index (κ2) is 6.30. The molecule has 0 radical (unpaired) electrons. The first kappa shape index (κ1) is 16.6. The molecule has 1 aromatic heterocycles. The summed E-state index contributed by atoms with van der Waals surface area (Å²) >= 11 is 0. The molecule has 0 unspecified atom stereocenters. The summed E-state index contributed by atoms with van der Waals surface area (Å²) in [6.45, 7) is 9.13. The fourth-order valence-electron chi connectivity index (χ4n) is 3.44. The van der Waals surface area contributed by atoms with E-state index < -0.39 is 0 Å². The summed E-state index contributed by atoms with van der Waals surface area (Å²) in [6.07, 6.45) is 2.08. The molecule has 0 saturated carbocycles. The quantitative estimate of drug-likeness (QED) is 0.827. The number of para-hydroxylation sites is 2. The van der Waals surface area contributed by atoms with Gasteiger partial charge in [-0.05, 0) is 44.2 Å². The zero-order chi connectivity index (χ0) is 17.3. The lowest BCUT2D eigenvalue weighted by Crippen LogP contribution is -2.34. The molecule has 0 atom stereocenters. The number of rotatable bonds is 5. The number of likely N-dealkylation sites (N-methyl/N-ethyl adjacent to an activating group) is 1. The summed E-state index contributed by atoms with van der Waals surface area (Å²) in [7, 11) is 0. The molecule has 1 aromatic carbocycles. The molecule has 0 aliphatic heterocycles. The summed E-state index contributed by atoms with van der Waals surface area (Å²) in [4.78, 5) is 18.7. The minimum atomic E-state index is -0.0716. The van der Waals surface area contributed by atoms with Crippen LogP contribution in [-0.4, -0.2) is 28.9 Å². The topological polar surface area (TPSA) is 55.6 Å². The Morgan fingerprint density at radius 1 is 1.33 bits per heavy atom. The first-order valence-corrected chi connectivity index (χ1v) is 8.37. The van der Waals surface area contributed by atoms with E-state index in [9.17, 15) is 4.79 Å². The summed E-state index contributed by atoms with van der Waals surface area (Å²) in [5.41, 5.74) is 4.02. The van der Waals surface area contributed by atoms with Gasteiger partial charge in [0.25, 0.3) is 5.91 Å². The van der Waals surface area contributed by atoms with Gasteiger partial charge in [0.05, 0.1) is 0 Å². The Morgan fingerprint density at radius 2 is 2.08 bits per heavy atom. The summed E-state index contributed by atoms with van der Waals surface area (Å²) in [6, 6.07) is 7.43. The van der Waals surface area contributed by atoms with E-state index in [4.69, 9.17) is 9.15 Å². The number of carbonyl (C=O) groups excluding carboxylic acids is 1. The maximum atomic E-state index is 12.6. The molecule has 2 aromatic rings. The normalized spacial score (nSPS) is 16.7. The van der Waals surface area contributed by atoms with Crippen molar-refractivity contribution >= 4 is 17.0 Å². The zero-order valence-electron chi connectivity index (χ0n) is 14.8. The molecule has 0 saturated heterocycles. The maximum absolute atomic E-state index is 12.6. The van der Waals surface area contributed by atoms with E-state index in [0.717, 1.165) is 24.1 Å². The number of allylic oxidation sites excluding steroid dienone is 2. The van der Waals surface area contributed by atoms with Gasteiger partial charge in [0, 0.05) is 12.2 Å². The molecular formula is C19H24N2O3. The second-order valence-corrected chi connectivity index (χ2v) is 7.12. The number of oxazole rings is 1.